The first-order valence-electron chi connectivity index (χ1n) is 13.4. The van der Waals surface area contributed by atoms with E-state index in [-0.39, 0.29) is 17.5 Å². The van der Waals surface area contributed by atoms with Gasteiger partial charge in [0, 0.05) is 39.1 Å². The Morgan fingerprint density at radius 2 is 1.64 bits per heavy atom. The molecule has 5 nitrogen and oxygen atoms in total. The van der Waals surface area contributed by atoms with Crippen LogP contribution in [0, 0.1) is 5.41 Å². The number of rotatable bonds is 6. The van der Waals surface area contributed by atoms with Crippen LogP contribution < -0.4 is 10.5 Å². The number of amidine groups is 2. The van der Waals surface area contributed by atoms with E-state index in [4.69, 9.17) is 27.5 Å². The summed E-state index contributed by atoms with van der Waals surface area (Å²) in [5.41, 5.74) is 8.62. The Kier molecular flexibility index (Phi) is 7.39. The lowest BCUT2D eigenvalue weighted by molar-refractivity contribution is -0.137. The molecular weight excluding hydrogens is 563 g/mol. The number of ether oxygens (including phenoxy) is 1. The van der Waals surface area contributed by atoms with Crippen LogP contribution in [0.15, 0.2) is 65.7 Å². The SMILES string of the molecule is CC(=O)CCc1ccc(Oc2c(C(C)(C)C)c(Cl)cc3cc4c(c(-c5ccc(C(F)(F)F)cc5)c23)C(N)=NC4=N)cc1. The van der Waals surface area contributed by atoms with Crippen molar-refractivity contribution in [1.29, 1.82) is 5.41 Å². The number of nitrogens with one attached hydrogen (secondary N) is 1. The Hall–Kier alpha value is -4.17. The van der Waals surface area contributed by atoms with Crippen molar-refractivity contribution in [2.75, 3.05) is 0 Å². The number of benzene rings is 4. The monoisotopic (exact) mass is 591 g/mol. The summed E-state index contributed by atoms with van der Waals surface area (Å²) in [6, 6.07) is 15.8. The van der Waals surface area contributed by atoms with E-state index >= 15 is 0 Å². The Balaban J connectivity index is 1.81. The van der Waals surface area contributed by atoms with E-state index in [0.717, 1.165) is 17.7 Å². The van der Waals surface area contributed by atoms with Gasteiger partial charge >= 0.3 is 6.18 Å². The second kappa shape index (κ2) is 10.6. The Morgan fingerprint density at radius 3 is 2.21 bits per heavy atom. The van der Waals surface area contributed by atoms with Crippen LogP contribution in [0.1, 0.15) is 61.9 Å². The fourth-order valence-corrected chi connectivity index (χ4v) is 5.76. The van der Waals surface area contributed by atoms with Crippen molar-refractivity contribution >= 4 is 39.8 Å². The van der Waals surface area contributed by atoms with Gasteiger partial charge in [-0.25, -0.2) is 4.99 Å². The third-order valence-electron chi connectivity index (χ3n) is 7.24. The van der Waals surface area contributed by atoms with Gasteiger partial charge in [0.25, 0.3) is 0 Å². The summed E-state index contributed by atoms with van der Waals surface area (Å²) in [7, 11) is 0. The van der Waals surface area contributed by atoms with Gasteiger partial charge in [-0.15, -0.1) is 0 Å². The number of Topliss-reactive ketones (excluding diaryl/α,β-unsaturated/α-hetero) is 1. The number of alkyl halides is 3. The average Bonchev–Trinajstić information content (AvgIpc) is 3.18. The molecule has 4 aromatic carbocycles. The second-order valence-corrected chi connectivity index (χ2v) is 11.9. The number of hydrogen-bond acceptors (Lipinski definition) is 4. The van der Waals surface area contributed by atoms with E-state index in [1.807, 2.05) is 45.0 Å². The first kappa shape index (κ1) is 29.3. The molecule has 5 rings (SSSR count). The quantitative estimate of drug-likeness (QED) is 0.235. The van der Waals surface area contributed by atoms with Gasteiger partial charge in [0.2, 0.25) is 0 Å². The van der Waals surface area contributed by atoms with Gasteiger partial charge in [-0.2, -0.15) is 13.2 Å². The molecule has 0 radical (unpaired) electrons. The molecule has 0 spiro atoms. The molecule has 0 unspecified atom stereocenters. The number of carbonyl (C=O) groups excluding carboxylic acids is 1. The van der Waals surface area contributed by atoms with E-state index in [0.29, 0.717) is 68.0 Å². The lowest BCUT2D eigenvalue weighted by atomic mass is 9.81. The summed E-state index contributed by atoms with van der Waals surface area (Å²) >= 11 is 6.90. The van der Waals surface area contributed by atoms with Gasteiger partial charge in [0.1, 0.15) is 23.1 Å². The summed E-state index contributed by atoms with van der Waals surface area (Å²) in [5.74, 6) is 1.11. The lowest BCUT2D eigenvalue weighted by Gasteiger charge is -2.27. The second-order valence-electron chi connectivity index (χ2n) is 11.5. The van der Waals surface area contributed by atoms with Crippen LogP contribution in [0.25, 0.3) is 21.9 Å². The molecule has 0 amide bonds. The Morgan fingerprint density at radius 1 is 1.00 bits per heavy atom. The van der Waals surface area contributed by atoms with Crippen LogP contribution in [0.4, 0.5) is 13.2 Å². The molecule has 9 heteroatoms. The molecule has 216 valence electrons. The molecule has 0 saturated carbocycles. The largest absolute Gasteiger partial charge is 0.456 e. The zero-order valence-corrected chi connectivity index (χ0v) is 24.3. The highest BCUT2D eigenvalue weighted by atomic mass is 35.5. The highest BCUT2D eigenvalue weighted by Gasteiger charge is 2.33. The molecule has 0 aromatic heterocycles. The van der Waals surface area contributed by atoms with Crippen LogP contribution >= 0.6 is 11.6 Å². The zero-order valence-electron chi connectivity index (χ0n) is 23.5. The minimum absolute atomic E-state index is 0.0443. The maximum absolute atomic E-state index is 13.4. The van der Waals surface area contributed by atoms with E-state index in [9.17, 15) is 18.0 Å². The van der Waals surface area contributed by atoms with Crippen molar-refractivity contribution in [3.63, 3.8) is 0 Å². The number of nitrogens with two attached hydrogens (primary N) is 1. The third-order valence-corrected chi connectivity index (χ3v) is 7.53. The van der Waals surface area contributed by atoms with Crippen LogP contribution in [0.3, 0.4) is 0 Å². The minimum atomic E-state index is -4.50. The first-order valence-corrected chi connectivity index (χ1v) is 13.7. The van der Waals surface area contributed by atoms with Gasteiger partial charge in [-0.05, 0) is 71.7 Å². The van der Waals surface area contributed by atoms with E-state index in [1.165, 1.54) is 12.1 Å². The van der Waals surface area contributed by atoms with Crippen LogP contribution in [0.5, 0.6) is 11.5 Å². The number of nitrogens with zero attached hydrogens (tertiary/aromatic N) is 1. The number of ketones is 1. The molecule has 1 aliphatic heterocycles. The number of fused-ring (bicyclic) bond motifs is 2. The molecule has 4 aromatic rings. The summed E-state index contributed by atoms with van der Waals surface area (Å²) in [4.78, 5) is 15.6. The van der Waals surface area contributed by atoms with Gasteiger partial charge in [-0.1, -0.05) is 56.6 Å². The van der Waals surface area contributed by atoms with Crippen molar-refractivity contribution < 1.29 is 22.7 Å². The van der Waals surface area contributed by atoms with Crippen LogP contribution in [-0.4, -0.2) is 17.5 Å². The molecular formula is C33H29ClF3N3O2. The molecule has 0 aliphatic carbocycles. The average molecular weight is 592 g/mol. The summed E-state index contributed by atoms with van der Waals surface area (Å²) in [6.07, 6.45) is -3.45. The highest BCUT2D eigenvalue weighted by Crippen LogP contribution is 2.49. The van der Waals surface area contributed by atoms with Crippen LogP contribution in [0.2, 0.25) is 5.02 Å². The van der Waals surface area contributed by atoms with Gasteiger partial charge in [0.05, 0.1) is 5.56 Å². The Labute approximate surface area is 246 Å². The van der Waals surface area contributed by atoms with Crippen molar-refractivity contribution in [3.8, 4) is 22.6 Å². The van der Waals surface area contributed by atoms with E-state index < -0.39 is 17.2 Å². The standard InChI is InChI=1S/C33H29ClF3N3O2/c1-17(41)5-6-18-7-13-22(14-8-18)42-29-26-20(16-24(34)28(29)32(2,3)4)15-23-27(31(39)40-30(23)38)25(26)19-9-11-21(12-10-19)33(35,36)37/h7-16H,5-6H2,1-4H3,(H3,38,39,40). The smallest absolute Gasteiger partial charge is 0.416 e. The van der Waals surface area contributed by atoms with Crippen molar-refractivity contribution in [2.24, 2.45) is 10.7 Å². The molecule has 1 aliphatic rings. The van der Waals surface area contributed by atoms with E-state index in [2.05, 4.69) is 4.99 Å². The molecule has 0 atom stereocenters. The number of aliphatic imine (C=N–C) groups is 1. The topological polar surface area (TPSA) is 88.5 Å². The Bertz CT molecular complexity index is 1770. The van der Waals surface area contributed by atoms with Crippen molar-refractivity contribution in [2.45, 2.75) is 52.1 Å². The summed E-state index contributed by atoms with van der Waals surface area (Å²) in [6.45, 7) is 7.54. The predicted molar refractivity (Wildman–Crippen MR) is 161 cm³/mol. The molecule has 1 heterocycles. The van der Waals surface area contributed by atoms with Gasteiger partial charge in [0.15, 0.2) is 5.84 Å². The normalized spacial score (nSPS) is 13.3. The minimum Gasteiger partial charge on any atom is -0.456 e. The maximum Gasteiger partial charge on any atom is 0.416 e. The number of carbonyl (C=O) groups is 1. The summed E-state index contributed by atoms with van der Waals surface area (Å²) < 4.78 is 46.9. The highest BCUT2D eigenvalue weighted by molar-refractivity contribution is 6.34. The molecule has 0 saturated heterocycles. The fourth-order valence-electron chi connectivity index (χ4n) is 5.27. The molecule has 0 bridgehead atoms. The van der Waals surface area contributed by atoms with E-state index in [1.54, 1.807) is 19.1 Å². The van der Waals surface area contributed by atoms with Crippen molar-refractivity contribution in [3.05, 3.63) is 93.5 Å². The van der Waals surface area contributed by atoms with Gasteiger partial charge < -0.3 is 15.3 Å². The fraction of sp³-hybridized carbons (Fsp3) is 0.242. The van der Waals surface area contributed by atoms with Gasteiger partial charge in [-0.3, -0.25) is 5.41 Å². The number of hydrogen-bond donors (Lipinski definition) is 2. The summed E-state index contributed by atoms with van der Waals surface area (Å²) in [5, 5.41) is 10.1. The first-order chi connectivity index (χ1) is 19.6. The van der Waals surface area contributed by atoms with Crippen molar-refractivity contribution in [1.82, 2.24) is 0 Å². The predicted octanol–water partition coefficient (Wildman–Crippen LogP) is 8.83. The third kappa shape index (κ3) is 5.51. The lowest BCUT2D eigenvalue weighted by Crippen LogP contribution is -2.16. The number of aryl methyl sites for hydroxylation is 1. The maximum atomic E-state index is 13.4. The molecule has 3 N–H and O–H groups in total. The number of halogens is 4. The molecule has 42 heavy (non-hydrogen) atoms. The molecule has 0 fully saturated rings. The zero-order chi connectivity index (χ0) is 30.6. The van der Waals surface area contributed by atoms with Crippen LogP contribution in [-0.2, 0) is 22.8 Å².